The van der Waals surface area contributed by atoms with Crippen molar-refractivity contribution < 1.29 is 19.0 Å². The van der Waals surface area contributed by atoms with Gasteiger partial charge in [-0.05, 0) is 48.9 Å². The van der Waals surface area contributed by atoms with Gasteiger partial charge < -0.3 is 24.8 Å². The van der Waals surface area contributed by atoms with Crippen molar-refractivity contribution in [3.8, 4) is 23.3 Å². The van der Waals surface area contributed by atoms with Crippen molar-refractivity contribution in [2.24, 2.45) is 0 Å². The Labute approximate surface area is 164 Å². The summed E-state index contributed by atoms with van der Waals surface area (Å²) in [5.74, 6) is 1.42. The average Bonchev–Trinajstić information content (AvgIpc) is 2.73. The van der Waals surface area contributed by atoms with Crippen LogP contribution in [0.5, 0.6) is 17.2 Å². The molecule has 0 aliphatic carbocycles. The second-order valence-corrected chi connectivity index (χ2v) is 5.86. The Morgan fingerprint density at radius 3 is 2.29 bits per heavy atom. The number of rotatable bonds is 8. The molecule has 0 spiro atoms. The summed E-state index contributed by atoms with van der Waals surface area (Å²) >= 11 is 0. The van der Waals surface area contributed by atoms with Crippen LogP contribution in [-0.2, 0) is 4.79 Å². The Balaban J connectivity index is 2.07. The number of nitrogens with one attached hydrogen (secondary N) is 2. The first-order chi connectivity index (χ1) is 13.5. The minimum Gasteiger partial charge on any atom is -0.497 e. The quantitative estimate of drug-likeness (QED) is 0.538. The first-order valence-electron chi connectivity index (χ1n) is 8.56. The number of nitrogens with zero attached hydrogens (tertiary/aromatic N) is 1. The Morgan fingerprint density at radius 1 is 1.04 bits per heavy atom. The third-order valence-electron chi connectivity index (χ3n) is 4.10. The first-order valence-corrected chi connectivity index (χ1v) is 8.56. The Hall–Kier alpha value is -3.66. The van der Waals surface area contributed by atoms with E-state index in [1.807, 2.05) is 25.1 Å². The van der Waals surface area contributed by atoms with E-state index in [1.165, 1.54) is 6.20 Å². The highest BCUT2D eigenvalue weighted by molar-refractivity contribution is 6.06. The third-order valence-corrected chi connectivity index (χ3v) is 4.10. The Morgan fingerprint density at radius 2 is 1.71 bits per heavy atom. The third kappa shape index (κ3) is 5.17. The van der Waals surface area contributed by atoms with Gasteiger partial charge in [0, 0.05) is 17.9 Å². The van der Waals surface area contributed by atoms with Gasteiger partial charge >= 0.3 is 0 Å². The first kappa shape index (κ1) is 20.6. The summed E-state index contributed by atoms with van der Waals surface area (Å²) in [6, 6.07) is 14.1. The Bertz CT molecular complexity index is 886. The normalized spacial score (nSPS) is 11.8. The van der Waals surface area contributed by atoms with Crippen LogP contribution >= 0.6 is 0 Å². The zero-order valence-electron chi connectivity index (χ0n) is 16.3. The highest BCUT2D eigenvalue weighted by Gasteiger charge is 2.12. The van der Waals surface area contributed by atoms with E-state index in [4.69, 9.17) is 14.2 Å². The van der Waals surface area contributed by atoms with Gasteiger partial charge in [-0.15, -0.1) is 0 Å². The summed E-state index contributed by atoms with van der Waals surface area (Å²) in [5, 5.41) is 15.1. The predicted octanol–water partition coefficient (Wildman–Crippen LogP) is 3.41. The molecule has 2 rings (SSSR count). The lowest BCUT2D eigenvalue weighted by molar-refractivity contribution is -0.112. The molecule has 1 amide bonds. The van der Waals surface area contributed by atoms with Crippen LogP contribution in [0.1, 0.15) is 18.5 Å². The summed E-state index contributed by atoms with van der Waals surface area (Å²) in [6.07, 6.45) is 1.40. The molecular weight excluding hydrogens is 358 g/mol. The molecule has 0 heterocycles. The molecule has 0 aliphatic rings. The van der Waals surface area contributed by atoms with Gasteiger partial charge in [-0.2, -0.15) is 5.26 Å². The number of amides is 1. The van der Waals surface area contributed by atoms with Gasteiger partial charge in [0.15, 0.2) is 11.5 Å². The van der Waals surface area contributed by atoms with Gasteiger partial charge in [-0.1, -0.05) is 6.07 Å². The molecule has 2 N–H and O–H groups in total. The molecule has 0 saturated heterocycles. The molecule has 0 bridgehead atoms. The van der Waals surface area contributed by atoms with Crippen molar-refractivity contribution in [3.05, 3.63) is 59.8 Å². The molecule has 28 heavy (non-hydrogen) atoms. The lowest BCUT2D eigenvalue weighted by Gasteiger charge is -2.15. The predicted molar refractivity (Wildman–Crippen MR) is 106 cm³/mol. The molecule has 1 atom stereocenters. The van der Waals surface area contributed by atoms with Gasteiger partial charge in [-0.3, -0.25) is 4.79 Å². The number of methoxy groups -OCH3 is 3. The highest BCUT2D eigenvalue weighted by Crippen LogP contribution is 2.29. The summed E-state index contributed by atoms with van der Waals surface area (Å²) in [4.78, 5) is 12.3. The lowest BCUT2D eigenvalue weighted by Crippen LogP contribution is -2.18. The zero-order chi connectivity index (χ0) is 20.5. The van der Waals surface area contributed by atoms with Crippen LogP contribution in [0.3, 0.4) is 0 Å². The minimum absolute atomic E-state index is 0.0388. The van der Waals surface area contributed by atoms with E-state index in [9.17, 15) is 10.1 Å². The van der Waals surface area contributed by atoms with E-state index in [0.29, 0.717) is 22.9 Å². The molecule has 1 unspecified atom stereocenters. The summed E-state index contributed by atoms with van der Waals surface area (Å²) < 4.78 is 15.6. The van der Waals surface area contributed by atoms with E-state index in [2.05, 4.69) is 10.6 Å². The molecule has 2 aromatic rings. The van der Waals surface area contributed by atoms with Crippen molar-refractivity contribution in [1.29, 1.82) is 5.26 Å². The zero-order valence-corrected chi connectivity index (χ0v) is 16.3. The number of benzene rings is 2. The van der Waals surface area contributed by atoms with Crippen molar-refractivity contribution >= 4 is 11.6 Å². The summed E-state index contributed by atoms with van der Waals surface area (Å²) in [5.41, 5.74) is 1.45. The van der Waals surface area contributed by atoms with Gasteiger partial charge in [0.2, 0.25) is 0 Å². The molecule has 0 saturated carbocycles. The van der Waals surface area contributed by atoms with E-state index in [1.54, 1.807) is 51.7 Å². The van der Waals surface area contributed by atoms with Crippen molar-refractivity contribution in [1.82, 2.24) is 5.32 Å². The van der Waals surface area contributed by atoms with Crippen molar-refractivity contribution in [3.63, 3.8) is 0 Å². The number of anilines is 1. The van der Waals surface area contributed by atoms with E-state index in [0.717, 1.165) is 5.56 Å². The fourth-order valence-corrected chi connectivity index (χ4v) is 2.45. The molecule has 2 aromatic carbocycles. The van der Waals surface area contributed by atoms with Crippen LogP contribution in [0.2, 0.25) is 0 Å². The molecule has 7 nitrogen and oxygen atoms in total. The van der Waals surface area contributed by atoms with E-state index < -0.39 is 5.91 Å². The molecule has 0 aliphatic heterocycles. The van der Waals surface area contributed by atoms with Crippen LogP contribution in [-0.4, -0.2) is 27.2 Å². The SMILES string of the molecule is COc1ccc(NC(=O)/C(C#N)=C\NC(C)c2ccc(OC)c(OC)c2)cc1. The maximum atomic E-state index is 12.3. The highest BCUT2D eigenvalue weighted by atomic mass is 16.5. The number of ether oxygens (including phenoxy) is 3. The maximum Gasteiger partial charge on any atom is 0.267 e. The fourth-order valence-electron chi connectivity index (χ4n) is 2.45. The second-order valence-electron chi connectivity index (χ2n) is 5.86. The summed E-state index contributed by atoms with van der Waals surface area (Å²) in [6.45, 7) is 1.91. The smallest absolute Gasteiger partial charge is 0.267 e. The Kier molecular flexibility index (Phi) is 7.28. The summed E-state index contributed by atoms with van der Waals surface area (Å²) in [7, 11) is 4.70. The number of carbonyl (C=O) groups excluding carboxylic acids is 1. The van der Waals surface area contributed by atoms with Crippen LogP contribution in [0.25, 0.3) is 0 Å². The average molecular weight is 381 g/mol. The molecule has 0 aromatic heterocycles. The lowest BCUT2D eigenvalue weighted by atomic mass is 10.1. The van der Waals surface area contributed by atoms with Gasteiger partial charge in [-0.25, -0.2) is 0 Å². The number of nitriles is 1. The van der Waals surface area contributed by atoms with Crippen LogP contribution in [0.4, 0.5) is 5.69 Å². The molecular formula is C21H23N3O4. The van der Waals surface area contributed by atoms with Gasteiger partial charge in [0.25, 0.3) is 5.91 Å². The number of hydrogen-bond acceptors (Lipinski definition) is 6. The second kappa shape index (κ2) is 9.88. The number of hydrogen-bond donors (Lipinski definition) is 2. The van der Waals surface area contributed by atoms with Gasteiger partial charge in [0.1, 0.15) is 17.4 Å². The standard InChI is InChI=1S/C21H23N3O4/c1-14(15-5-10-19(27-3)20(11-15)28-4)23-13-16(12-22)21(25)24-17-6-8-18(26-2)9-7-17/h5-11,13-14,23H,1-4H3,(H,24,25)/b16-13-. The molecule has 7 heteroatoms. The van der Waals surface area contributed by atoms with Crippen LogP contribution < -0.4 is 24.8 Å². The van der Waals surface area contributed by atoms with Crippen molar-refractivity contribution in [2.75, 3.05) is 26.6 Å². The molecule has 146 valence electrons. The topological polar surface area (TPSA) is 92.6 Å². The van der Waals surface area contributed by atoms with E-state index in [-0.39, 0.29) is 11.6 Å². The van der Waals surface area contributed by atoms with Crippen LogP contribution in [0, 0.1) is 11.3 Å². The monoisotopic (exact) mass is 381 g/mol. The number of carbonyl (C=O) groups is 1. The van der Waals surface area contributed by atoms with Gasteiger partial charge in [0.05, 0.1) is 21.3 Å². The van der Waals surface area contributed by atoms with Crippen LogP contribution in [0.15, 0.2) is 54.2 Å². The maximum absolute atomic E-state index is 12.3. The minimum atomic E-state index is -0.500. The largest absolute Gasteiger partial charge is 0.497 e. The molecule has 0 radical (unpaired) electrons. The van der Waals surface area contributed by atoms with E-state index >= 15 is 0 Å². The van der Waals surface area contributed by atoms with Crippen molar-refractivity contribution in [2.45, 2.75) is 13.0 Å². The fraction of sp³-hybridized carbons (Fsp3) is 0.238. The molecule has 0 fully saturated rings.